The molecule has 2 unspecified atom stereocenters. The molecule has 1 N–H and O–H groups in total. The van der Waals surface area contributed by atoms with E-state index in [0.717, 1.165) is 36.3 Å². The van der Waals surface area contributed by atoms with Crippen molar-refractivity contribution >= 4 is 17.5 Å². The molecule has 0 aliphatic carbocycles. The van der Waals surface area contributed by atoms with Crippen LogP contribution in [0.1, 0.15) is 30.4 Å². The number of anilines is 1. The number of nitrogens with one attached hydrogen (secondary N) is 1. The van der Waals surface area contributed by atoms with Gasteiger partial charge in [-0.25, -0.2) is 0 Å². The fraction of sp³-hybridized carbons (Fsp3) is 0.556. The summed E-state index contributed by atoms with van der Waals surface area (Å²) < 4.78 is 5.52. The fourth-order valence-corrected chi connectivity index (χ4v) is 3.49. The highest BCUT2D eigenvalue weighted by molar-refractivity contribution is 6.01. The molecule has 2 aliphatic rings. The minimum absolute atomic E-state index is 0.0275. The molecule has 5 heteroatoms. The summed E-state index contributed by atoms with van der Waals surface area (Å²) in [5.74, 6) is -0.287. The third kappa shape index (κ3) is 3.39. The van der Waals surface area contributed by atoms with Crippen LogP contribution in [0.3, 0.4) is 0 Å². The van der Waals surface area contributed by atoms with Gasteiger partial charge >= 0.3 is 0 Å². The molecule has 2 amide bonds. The quantitative estimate of drug-likeness (QED) is 0.924. The van der Waals surface area contributed by atoms with Gasteiger partial charge in [-0.15, -0.1) is 0 Å². The molecule has 0 spiro atoms. The van der Waals surface area contributed by atoms with E-state index in [1.165, 1.54) is 0 Å². The lowest BCUT2D eigenvalue weighted by Gasteiger charge is -2.21. The van der Waals surface area contributed by atoms with Crippen molar-refractivity contribution < 1.29 is 14.3 Å². The maximum absolute atomic E-state index is 12.4. The molecule has 3 rings (SSSR count). The van der Waals surface area contributed by atoms with Crippen molar-refractivity contribution in [2.75, 3.05) is 24.6 Å². The number of rotatable bonds is 4. The molecule has 2 heterocycles. The van der Waals surface area contributed by atoms with Crippen molar-refractivity contribution in [1.82, 2.24) is 5.32 Å². The van der Waals surface area contributed by atoms with Crippen LogP contribution in [0.2, 0.25) is 0 Å². The lowest BCUT2D eigenvalue weighted by atomic mass is 10.1. The summed E-state index contributed by atoms with van der Waals surface area (Å²) in [5, 5.41) is 2.95. The van der Waals surface area contributed by atoms with Crippen LogP contribution in [0.25, 0.3) is 0 Å². The summed E-state index contributed by atoms with van der Waals surface area (Å²) >= 11 is 0. The van der Waals surface area contributed by atoms with Gasteiger partial charge in [0.05, 0.1) is 12.0 Å². The predicted octanol–water partition coefficient (Wildman–Crippen LogP) is 1.95. The molecule has 23 heavy (non-hydrogen) atoms. The first kappa shape index (κ1) is 16.0. The van der Waals surface area contributed by atoms with E-state index in [9.17, 15) is 9.59 Å². The zero-order valence-electron chi connectivity index (χ0n) is 13.8. The Labute approximate surface area is 137 Å². The van der Waals surface area contributed by atoms with Gasteiger partial charge in [-0.1, -0.05) is 18.2 Å². The topological polar surface area (TPSA) is 58.6 Å². The molecule has 2 saturated heterocycles. The molecule has 2 aliphatic heterocycles. The van der Waals surface area contributed by atoms with Crippen molar-refractivity contribution in [3.8, 4) is 0 Å². The van der Waals surface area contributed by atoms with Gasteiger partial charge in [-0.3, -0.25) is 9.59 Å². The number of carbonyl (C=O) groups excluding carboxylic acids is 2. The van der Waals surface area contributed by atoms with Crippen LogP contribution >= 0.6 is 0 Å². The van der Waals surface area contributed by atoms with Gasteiger partial charge in [0, 0.05) is 31.8 Å². The Morgan fingerprint density at radius 1 is 1.35 bits per heavy atom. The van der Waals surface area contributed by atoms with Crippen molar-refractivity contribution in [1.29, 1.82) is 0 Å². The van der Waals surface area contributed by atoms with E-state index in [1.807, 2.05) is 32.0 Å². The Kier molecular flexibility index (Phi) is 4.66. The van der Waals surface area contributed by atoms with Gasteiger partial charge in [-0.05, 0) is 37.8 Å². The van der Waals surface area contributed by atoms with Crippen LogP contribution in [-0.2, 0) is 14.3 Å². The van der Waals surface area contributed by atoms with Crippen LogP contribution in [0.4, 0.5) is 5.69 Å². The van der Waals surface area contributed by atoms with Crippen LogP contribution in [0, 0.1) is 19.8 Å². The number of aryl methyl sites for hydroxylation is 2. The monoisotopic (exact) mass is 316 g/mol. The number of ether oxygens (including phenoxy) is 1. The van der Waals surface area contributed by atoms with Crippen LogP contribution in [-0.4, -0.2) is 37.6 Å². The standard InChI is InChI=1S/C18H24N2O3/c1-12-5-3-6-13(2)17(12)20-11-14(9-16(20)21)18(22)19-10-15-7-4-8-23-15/h3,5-6,14-15H,4,7-11H2,1-2H3,(H,19,22). The van der Waals surface area contributed by atoms with Gasteiger partial charge < -0.3 is 15.0 Å². The molecule has 0 radical (unpaired) electrons. The van der Waals surface area contributed by atoms with Crippen LogP contribution < -0.4 is 10.2 Å². The number of amides is 2. The molecule has 1 aromatic rings. The summed E-state index contributed by atoms with van der Waals surface area (Å²) in [6, 6.07) is 5.99. The lowest BCUT2D eigenvalue weighted by molar-refractivity contribution is -0.126. The minimum atomic E-state index is -0.275. The minimum Gasteiger partial charge on any atom is -0.376 e. The van der Waals surface area contributed by atoms with E-state index in [4.69, 9.17) is 4.74 Å². The number of hydrogen-bond donors (Lipinski definition) is 1. The summed E-state index contributed by atoms with van der Waals surface area (Å²) in [5.41, 5.74) is 3.09. The first-order chi connectivity index (χ1) is 11.1. The highest BCUT2D eigenvalue weighted by Crippen LogP contribution is 2.30. The molecular formula is C18H24N2O3. The summed E-state index contributed by atoms with van der Waals surface area (Å²) in [7, 11) is 0. The summed E-state index contributed by atoms with van der Waals surface area (Å²) in [4.78, 5) is 26.5. The summed E-state index contributed by atoms with van der Waals surface area (Å²) in [6.45, 7) is 5.79. The average molecular weight is 316 g/mol. The zero-order chi connectivity index (χ0) is 16.4. The van der Waals surface area contributed by atoms with Gasteiger partial charge in [0.2, 0.25) is 11.8 Å². The maximum atomic E-state index is 12.4. The van der Waals surface area contributed by atoms with E-state index in [-0.39, 0.29) is 30.3 Å². The second-order valence-corrected chi connectivity index (χ2v) is 6.53. The van der Waals surface area contributed by atoms with E-state index in [2.05, 4.69) is 5.32 Å². The zero-order valence-corrected chi connectivity index (χ0v) is 13.8. The SMILES string of the molecule is Cc1cccc(C)c1N1CC(C(=O)NCC2CCCO2)CC1=O. The second kappa shape index (κ2) is 6.71. The first-order valence-electron chi connectivity index (χ1n) is 8.32. The molecule has 124 valence electrons. The van der Waals surface area contributed by atoms with E-state index in [1.54, 1.807) is 4.90 Å². The molecular weight excluding hydrogens is 292 g/mol. The molecule has 5 nitrogen and oxygen atoms in total. The van der Waals surface area contributed by atoms with Crippen molar-refractivity contribution in [3.63, 3.8) is 0 Å². The molecule has 0 bridgehead atoms. The predicted molar refractivity (Wildman–Crippen MR) is 88.4 cm³/mol. The number of hydrogen-bond acceptors (Lipinski definition) is 3. The van der Waals surface area contributed by atoms with Gasteiger partial charge in [0.15, 0.2) is 0 Å². The van der Waals surface area contributed by atoms with E-state index >= 15 is 0 Å². The number of para-hydroxylation sites is 1. The third-order valence-corrected chi connectivity index (χ3v) is 4.73. The Morgan fingerprint density at radius 2 is 2.09 bits per heavy atom. The van der Waals surface area contributed by atoms with Crippen LogP contribution in [0.15, 0.2) is 18.2 Å². The largest absolute Gasteiger partial charge is 0.376 e. The fourth-order valence-electron chi connectivity index (χ4n) is 3.49. The third-order valence-electron chi connectivity index (χ3n) is 4.73. The molecule has 0 saturated carbocycles. The van der Waals surface area contributed by atoms with Crippen molar-refractivity contribution in [3.05, 3.63) is 29.3 Å². The van der Waals surface area contributed by atoms with E-state index in [0.29, 0.717) is 13.1 Å². The van der Waals surface area contributed by atoms with Gasteiger partial charge in [0.1, 0.15) is 0 Å². The molecule has 2 atom stereocenters. The molecule has 0 aromatic heterocycles. The lowest BCUT2D eigenvalue weighted by Crippen LogP contribution is -2.37. The normalized spacial score (nSPS) is 24.3. The number of nitrogens with zero attached hydrogens (tertiary/aromatic N) is 1. The number of benzene rings is 1. The summed E-state index contributed by atoms with van der Waals surface area (Å²) in [6.07, 6.45) is 2.47. The smallest absolute Gasteiger partial charge is 0.227 e. The Bertz CT molecular complexity index is 588. The Hall–Kier alpha value is -1.88. The maximum Gasteiger partial charge on any atom is 0.227 e. The average Bonchev–Trinajstić information content (AvgIpc) is 3.15. The Morgan fingerprint density at radius 3 is 2.74 bits per heavy atom. The van der Waals surface area contributed by atoms with Gasteiger partial charge in [0.25, 0.3) is 0 Å². The highest BCUT2D eigenvalue weighted by Gasteiger charge is 2.36. The molecule has 2 fully saturated rings. The van der Waals surface area contributed by atoms with Gasteiger partial charge in [-0.2, -0.15) is 0 Å². The number of carbonyl (C=O) groups is 2. The Balaban J connectivity index is 1.63. The second-order valence-electron chi connectivity index (χ2n) is 6.53. The van der Waals surface area contributed by atoms with Crippen LogP contribution in [0.5, 0.6) is 0 Å². The molecule has 1 aromatic carbocycles. The highest BCUT2D eigenvalue weighted by atomic mass is 16.5. The first-order valence-corrected chi connectivity index (χ1v) is 8.32. The van der Waals surface area contributed by atoms with E-state index < -0.39 is 0 Å². The van der Waals surface area contributed by atoms with Crippen molar-refractivity contribution in [2.45, 2.75) is 39.2 Å². The van der Waals surface area contributed by atoms with Crippen molar-refractivity contribution in [2.24, 2.45) is 5.92 Å².